The van der Waals surface area contributed by atoms with Gasteiger partial charge in [0, 0.05) is 5.41 Å². The summed E-state index contributed by atoms with van der Waals surface area (Å²) < 4.78 is 10.6. The van der Waals surface area contributed by atoms with Gasteiger partial charge in [0.1, 0.15) is 5.60 Å². The minimum absolute atomic E-state index is 0.258. The molecule has 0 amide bonds. The number of hydrogen-bond donors (Lipinski definition) is 1. The third kappa shape index (κ3) is 2.46. The average Bonchev–Trinajstić information content (AvgIpc) is 2.49. The topological polar surface area (TPSA) is 38.7 Å². The molecule has 3 heteroatoms. The fraction of sp³-hybridized carbons (Fsp3) is 0.444. The van der Waals surface area contributed by atoms with Gasteiger partial charge >= 0.3 is 0 Å². The summed E-state index contributed by atoms with van der Waals surface area (Å²) in [6.45, 7) is 8.00. The summed E-state index contributed by atoms with van der Waals surface area (Å²) >= 11 is 0. The Hall–Kier alpha value is -1.74. The minimum atomic E-state index is -1.05. The van der Waals surface area contributed by atoms with E-state index in [1.54, 1.807) is 20.3 Å². The zero-order valence-electron chi connectivity index (χ0n) is 13.3. The van der Waals surface area contributed by atoms with Gasteiger partial charge < -0.3 is 14.6 Å². The molecular formula is C18H24O3. The molecule has 1 aliphatic rings. The standard InChI is InChI=1S/C18H24O3/c1-6-18(19)14(8-7-11-17(18,2)3)13-9-10-15(20-4)16(12-13)21-5/h6,8-10,12,19H,1,7,11H2,2-5H3. The molecule has 1 aliphatic carbocycles. The Balaban J connectivity index is 2.55. The van der Waals surface area contributed by atoms with Crippen molar-refractivity contribution in [2.45, 2.75) is 32.3 Å². The lowest BCUT2D eigenvalue weighted by molar-refractivity contribution is 0.0174. The molecule has 0 saturated carbocycles. The van der Waals surface area contributed by atoms with E-state index in [9.17, 15) is 5.11 Å². The zero-order valence-corrected chi connectivity index (χ0v) is 13.3. The van der Waals surface area contributed by atoms with Crippen molar-refractivity contribution in [1.29, 1.82) is 0 Å². The monoisotopic (exact) mass is 288 g/mol. The van der Waals surface area contributed by atoms with E-state index < -0.39 is 5.60 Å². The van der Waals surface area contributed by atoms with Crippen LogP contribution < -0.4 is 9.47 Å². The minimum Gasteiger partial charge on any atom is -0.493 e. The number of methoxy groups -OCH3 is 2. The van der Waals surface area contributed by atoms with Crippen molar-refractivity contribution in [3.8, 4) is 11.5 Å². The normalized spacial score (nSPS) is 24.1. The van der Waals surface area contributed by atoms with Crippen LogP contribution in [0.1, 0.15) is 32.3 Å². The van der Waals surface area contributed by atoms with Gasteiger partial charge in [0.05, 0.1) is 14.2 Å². The molecule has 114 valence electrons. The van der Waals surface area contributed by atoms with E-state index in [-0.39, 0.29) is 5.41 Å². The summed E-state index contributed by atoms with van der Waals surface area (Å²) in [5.74, 6) is 1.34. The first-order chi connectivity index (χ1) is 9.89. The van der Waals surface area contributed by atoms with E-state index in [0.29, 0.717) is 11.5 Å². The van der Waals surface area contributed by atoms with Crippen molar-refractivity contribution >= 4 is 5.57 Å². The number of allylic oxidation sites excluding steroid dienone is 1. The molecule has 2 rings (SSSR count). The van der Waals surface area contributed by atoms with Crippen LogP contribution in [0, 0.1) is 5.41 Å². The van der Waals surface area contributed by atoms with Gasteiger partial charge in [-0.3, -0.25) is 0 Å². The van der Waals surface area contributed by atoms with Crippen LogP contribution in [-0.2, 0) is 0 Å². The van der Waals surface area contributed by atoms with Crippen LogP contribution in [0.4, 0.5) is 0 Å². The van der Waals surface area contributed by atoms with Crippen molar-refractivity contribution in [1.82, 2.24) is 0 Å². The Kier molecular flexibility index (Phi) is 4.15. The van der Waals surface area contributed by atoms with Gasteiger partial charge in [-0.25, -0.2) is 0 Å². The molecule has 0 heterocycles. The van der Waals surface area contributed by atoms with E-state index in [4.69, 9.17) is 9.47 Å². The molecule has 1 aromatic rings. The Morgan fingerprint density at radius 2 is 1.86 bits per heavy atom. The van der Waals surface area contributed by atoms with Crippen LogP contribution in [0.15, 0.2) is 36.9 Å². The number of benzene rings is 1. The number of hydrogen-bond acceptors (Lipinski definition) is 3. The fourth-order valence-electron chi connectivity index (χ4n) is 3.02. The summed E-state index contributed by atoms with van der Waals surface area (Å²) in [6, 6.07) is 5.71. The molecule has 1 N–H and O–H groups in total. The Labute approximate surface area is 126 Å². The number of ether oxygens (including phenoxy) is 2. The summed E-state index contributed by atoms with van der Waals surface area (Å²) in [6.07, 6.45) is 5.60. The third-order valence-corrected chi connectivity index (χ3v) is 4.55. The second-order valence-electron chi connectivity index (χ2n) is 6.08. The third-order valence-electron chi connectivity index (χ3n) is 4.55. The lowest BCUT2D eigenvalue weighted by Gasteiger charge is -2.45. The van der Waals surface area contributed by atoms with Crippen molar-refractivity contribution < 1.29 is 14.6 Å². The molecule has 0 saturated heterocycles. The van der Waals surface area contributed by atoms with Gasteiger partial charge in [0.2, 0.25) is 0 Å². The first-order valence-electron chi connectivity index (χ1n) is 7.18. The summed E-state index contributed by atoms with van der Waals surface area (Å²) in [5.41, 5.74) is 0.508. The smallest absolute Gasteiger partial charge is 0.161 e. The van der Waals surface area contributed by atoms with Gasteiger partial charge in [-0.1, -0.05) is 38.6 Å². The van der Waals surface area contributed by atoms with Crippen molar-refractivity contribution in [2.75, 3.05) is 14.2 Å². The van der Waals surface area contributed by atoms with Crippen molar-refractivity contribution in [3.05, 3.63) is 42.5 Å². The van der Waals surface area contributed by atoms with Crippen LogP contribution in [0.3, 0.4) is 0 Å². The summed E-state index contributed by atoms with van der Waals surface area (Å²) in [4.78, 5) is 0. The molecule has 21 heavy (non-hydrogen) atoms. The molecule has 0 bridgehead atoms. The maximum atomic E-state index is 11.2. The molecule has 0 radical (unpaired) electrons. The SMILES string of the molecule is C=CC1(O)C(c2ccc(OC)c(OC)c2)=CCCC1(C)C. The average molecular weight is 288 g/mol. The Morgan fingerprint density at radius 1 is 1.19 bits per heavy atom. The molecule has 0 spiro atoms. The van der Waals surface area contributed by atoms with Crippen LogP contribution in [-0.4, -0.2) is 24.9 Å². The van der Waals surface area contributed by atoms with Gasteiger partial charge in [0.15, 0.2) is 11.5 Å². The highest BCUT2D eigenvalue weighted by atomic mass is 16.5. The molecular weight excluding hydrogens is 264 g/mol. The first-order valence-corrected chi connectivity index (χ1v) is 7.18. The number of aliphatic hydroxyl groups is 1. The molecule has 0 aliphatic heterocycles. The van der Waals surface area contributed by atoms with Crippen molar-refractivity contribution in [2.24, 2.45) is 5.41 Å². The fourth-order valence-corrected chi connectivity index (χ4v) is 3.02. The van der Waals surface area contributed by atoms with Gasteiger partial charge in [0.25, 0.3) is 0 Å². The quantitative estimate of drug-likeness (QED) is 0.856. The first kappa shape index (κ1) is 15.6. The second-order valence-corrected chi connectivity index (χ2v) is 6.08. The maximum absolute atomic E-state index is 11.2. The Morgan fingerprint density at radius 3 is 2.43 bits per heavy atom. The zero-order chi connectivity index (χ0) is 15.7. The molecule has 0 fully saturated rings. The van der Waals surface area contributed by atoms with Gasteiger partial charge in [-0.2, -0.15) is 0 Å². The molecule has 1 unspecified atom stereocenters. The summed E-state index contributed by atoms with van der Waals surface area (Å²) in [5, 5.41) is 11.2. The Bertz CT molecular complexity index is 572. The second kappa shape index (κ2) is 5.57. The van der Waals surface area contributed by atoms with E-state index in [2.05, 4.69) is 26.5 Å². The van der Waals surface area contributed by atoms with Crippen LogP contribution in [0.2, 0.25) is 0 Å². The van der Waals surface area contributed by atoms with Crippen LogP contribution in [0.25, 0.3) is 5.57 Å². The lowest BCUT2D eigenvalue weighted by Crippen LogP contribution is -2.45. The number of rotatable bonds is 4. The van der Waals surface area contributed by atoms with Crippen LogP contribution >= 0.6 is 0 Å². The molecule has 0 aromatic heterocycles. The molecule has 1 atom stereocenters. The van der Waals surface area contributed by atoms with Gasteiger partial charge in [-0.05, 0) is 36.1 Å². The summed E-state index contributed by atoms with van der Waals surface area (Å²) in [7, 11) is 3.22. The van der Waals surface area contributed by atoms with E-state index >= 15 is 0 Å². The predicted molar refractivity (Wildman–Crippen MR) is 85.7 cm³/mol. The highest BCUT2D eigenvalue weighted by Gasteiger charge is 2.46. The van der Waals surface area contributed by atoms with E-state index in [0.717, 1.165) is 24.0 Å². The highest BCUT2D eigenvalue weighted by Crippen LogP contribution is 2.49. The van der Waals surface area contributed by atoms with Crippen molar-refractivity contribution in [3.63, 3.8) is 0 Å². The lowest BCUT2D eigenvalue weighted by atomic mass is 9.63. The maximum Gasteiger partial charge on any atom is 0.161 e. The molecule has 3 nitrogen and oxygen atoms in total. The van der Waals surface area contributed by atoms with E-state index in [1.165, 1.54) is 0 Å². The highest BCUT2D eigenvalue weighted by molar-refractivity contribution is 5.77. The van der Waals surface area contributed by atoms with E-state index in [1.807, 2.05) is 18.2 Å². The van der Waals surface area contributed by atoms with Crippen LogP contribution in [0.5, 0.6) is 11.5 Å². The molecule has 1 aromatic carbocycles. The largest absolute Gasteiger partial charge is 0.493 e. The van der Waals surface area contributed by atoms with Gasteiger partial charge in [-0.15, -0.1) is 0 Å². The predicted octanol–water partition coefficient (Wildman–Crippen LogP) is 3.82.